The van der Waals surface area contributed by atoms with Gasteiger partial charge < -0.3 is 10.2 Å². The van der Waals surface area contributed by atoms with Crippen LogP contribution in [-0.2, 0) is 4.79 Å². The molecule has 1 aromatic carbocycles. The van der Waals surface area contributed by atoms with E-state index in [0.29, 0.717) is 5.56 Å². The molecule has 70 valence electrons. The molecule has 2 N–H and O–H groups in total. The third-order valence-electron chi connectivity index (χ3n) is 1.69. The molecule has 0 aliphatic heterocycles. The Hall–Kier alpha value is -1.00. The van der Waals surface area contributed by atoms with Gasteiger partial charge in [0.25, 0.3) is 0 Å². The summed E-state index contributed by atoms with van der Waals surface area (Å²) in [5.41, 5.74) is 0.695. The number of carboxylic acid groups (broad SMARTS) is 1. The number of aliphatic hydroxyl groups is 1. The van der Waals surface area contributed by atoms with Crippen molar-refractivity contribution in [3.63, 3.8) is 0 Å². The number of benzene rings is 1. The number of carboxylic acids is 1. The molecule has 0 spiro atoms. The Balaban J connectivity index is 2.79. The van der Waals surface area contributed by atoms with Crippen molar-refractivity contribution in [1.29, 1.82) is 0 Å². The molecule has 0 radical (unpaired) electrons. The normalized spacial score (nSPS) is 14.9. The van der Waals surface area contributed by atoms with E-state index >= 15 is 0 Å². The molecule has 0 saturated heterocycles. The van der Waals surface area contributed by atoms with Crippen LogP contribution in [0.4, 0.5) is 0 Å². The number of rotatable bonds is 3. The molecule has 13 heavy (non-hydrogen) atoms. The summed E-state index contributed by atoms with van der Waals surface area (Å²) in [6.45, 7) is 0. The van der Waals surface area contributed by atoms with Gasteiger partial charge in [-0.15, -0.1) is 0 Å². The second-order valence-electron chi connectivity index (χ2n) is 2.64. The van der Waals surface area contributed by atoms with Crippen LogP contribution >= 0.6 is 12.6 Å². The second-order valence-corrected chi connectivity index (χ2v) is 3.19. The summed E-state index contributed by atoms with van der Waals surface area (Å²) < 4.78 is 0. The highest BCUT2D eigenvalue weighted by Gasteiger charge is 2.23. The van der Waals surface area contributed by atoms with Gasteiger partial charge in [0, 0.05) is 0 Å². The number of thiol groups is 1. The lowest BCUT2D eigenvalue weighted by atomic mass is 10.1. The Bertz CT molecular complexity index is 286. The summed E-state index contributed by atoms with van der Waals surface area (Å²) in [6.07, 6.45) is -1.47. The molecule has 0 bridgehead atoms. The van der Waals surface area contributed by atoms with Gasteiger partial charge in [-0.25, -0.2) is 4.79 Å². The second kappa shape index (κ2) is 4.30. The van der Waals surface area contributed by atoms with Gasteiger partial charge >= 0.3 is 5.97 Å². The molecule has 0 aliphatic rings. The smallest absolute Gasteiger partial charge is 0.334 e. The van der Waals surface area contributed by atoms with Crippen LogP contribution in [0.2, 0.25) is 0 Å². The minimum absolute atomic E-state index is 0.682. The van der Waals surface area contributed by atoms with E-state index in [0.717, 1.165) is 0 Å². The summed E-state index contributed by atoms with van der Waals surface area (Å²) in [5.74, 6) is -1.26. The van der Waals surface area contributed by atoms with Crippen LogP contribution < -0.4 is 0 Å². The van der Waals surface area contributed by atoms with E-state index in [9.17, 15) is 9.90 Å². The molecule has 0 heterocycles. The largest absolute Gasteiger partial charge is 0.479 e. The van der Waals surface area contributed by atoms with Crippen molar-refractivity contribution in [2.24, 2.45) is 0 Å². The van der Waals surface area contributed by atoms with Crippen molar-refractivity contribution < 1.29 is 15.0 Å². The highest BCUT2D eigenvalue weighted by atomic mass is 32.1. The molecule has 1 unspecified atom stereocenters. The Morgan fingerprint density at radius 1 is 1.31 bits per heavy atom. The quantitative estimate of drug-likeness (QED) is 0.637. The maximum atomic E-state index is 10.4. The lowest BCUT2D eigenvalue weighted by molar-refractivity contribution is -0.146. The maximum Gasteiger partial charge on any atom is 0.334 e. The molecule has 1 rings (SSSR count). The molecular weight excluding hydrogens is 188 g/mol. The van der Waals surface area contributed by atoms with E-state index in [1.54, 1.807) is 24.3 Å². The summed E-state index contributed by atoms with van der Waals surface area (Å²) in [5, 5.41) is 17.0. The highest BCUT2D eigenvalue weighted by Crippen LogP contribution is 2.23. The van der Waals surface area contributed by atoms with Gasteiger partial charge in [-0.3, -0.25) is 0 Å². The molecule has 1 aromatic rings. The standard InChI is InChI=1S/C9H10O3S/c10-7(9(11)12)8(13)6-4-2-1-3-5-6/h1-5,7-8,10,13H,(H,11,12)/t7-,8?/m1/s1. The van der Waals surface area contributed by atoms with Crippen molar-refractivity contribution in [1.82, 2.24) is 0 Å². The lowest BCUT2D eigenvalue weighted by Crippen LogP contribution is -2.24. The van der Waals surface area contributed by atoms with E-state index in [-0.39, 0.29) is 0 Å². The van der Waals surface area contributed by atoms with Crippen LogP contribution in [-0.4, -0.2) is 22.3 Å². The minimum atomic E-state index is -1.47. The number of carbonyl (C=O) groups is 1. The number of aliphatic carboxylic acids is 1. The van der Waals surface area contributed by atoms with Gasteiger partial charge in [-0.2, -0.15) is 12.6 Å². The number of aliphatic hydroxyl groups excluding tert-OH is 1. The van der Waals surface area contributed by atoms with Gasteiger partial charge in [0.15, 0.2) is 6.10 Å². The van der Waals surface area contributed by atoms with E-state index < -0.39 is 17.3 Å². The van der Waals surface area contributed by atoms with Crippen molar-refractivity contribution in [2.75, 3.05) is 0 Å². The van der Waals surface area contributed by atoms with Crippen LogP contribution in [0, 0.1) is 0 Å². The van der Waals surface area contributed by atoms with Crippen LogP contribution in [0.25, 0.3) is 0 Å². The molecule has 0 aliphatic carbocycles. The highest BCUT2D eigenvalue weighted by molar-refractivity contribution is 7.80. The third kappa shape index (κ3) is 2.47. The zero-order valence-corrected chi connectivity index (χ0v) is 7.69. The van der Waals surface area contributed by atoms with Gasteiger partial charge in [-0.05, 0) is 5.56 Å². The molecule has 0 saturated carbocycles. The summed E-state index contributed by atoms with van der Waals surface area (Å²) in [4.78, 5) is 10.4. The van der Waals surface area contributed by atoms with E-state index in [4.69, 9.17) is 5.11 Å². The van der Waals surface area contributed by atoms with Gasteiger partial charge in [-0.1, -0.05) is 30.3 Å². The fourth-order valence-electron chi connectivity index (χ4n) is 0.968. The Labute approximate surface area is 81.4 Å². The van der Waals surface area contributed by atoms with Gasteiger partial charge in [0.05, 0.1) is 5.25 Å². The first-order chi connectivity index (χ1) is 6.13. The monoisotopic (exact) mass is 198 g/mol. The van der Waals surface area contributed by atoms with Crippen molar-refractivity contribution in [3.05, 3.63) is 35.9 Å². The average Bonchev–Trinajstić information content (AvgIpc) is 2.17. The third-order valence-corrected chi connectivity index (χ3v) is 2.27. The van der Waals surface area contributed by atoms with Crippen LogP contribution in [0.15, 0.2) is 30.3 Å². The van der Waals surface area contributed by atoms with Crippen LogP contribution in [0.3, 0.4) is 0 Å². The predicted molar refractivity (Wildman–Crippen MR) is 51.8 cm³/mol. The number of hydrogen-bond acceptors (Lipinski definition) is 3. The Morgan fingerprint density at radius 3 is 2.31 bits per heavy atom. The number of hydrogen-bond donors (Lipinski definition) is 3. The first kappa shape index (κ1) is 10.1. The first-order valence-electron chi connectivity index (χ1n) is 3.77. The SMILES string of the molecule is O=C(O)[C@H](O)C(S)c1ccccc1. The molecule has 4 heteroatoms. The fraction of sp³-hybridized carbons (Fsp3) is 0.222. The molecule has 0 amide bonds. The first-order valence-corrected chi connectivity index (χ1v) is 4.28. The van der Waals surface area contributed by atoms with E-state index in [1.165, 1.54) is 0 Å². The molecular formula is C9H10O3S. The Kier molecular flexibility index (Phi) is 3.33. The molecule has 3 nitrogen and oxygen atoms in total. The lowest BCUT2D eigenvalue weighted by Gasteiger charge is -2.13. The van der Waals surface area contributed by atoms with Crippen molar-refractivity contribution in [3.8, 4) is 0 Å². The van der Waals surface area contributed by atoms with Crippen molar-refractivity contribution >= 4 is 18.6 Å². The van der Waals surface area contributed by atoms with Gasteiger partial charge in [0.1, 0.15) is 0 Å². The zero-order valence-electron chi connectivity index (χ0n) is 6.79. The Morgan fingerprint density at radius 2 is 1.85 bits per heavy atom. The van der Waals surface area contributed by atoms with Crippen LogP contribution in [0.5, 0.6) is 0 Å². The summed E-state index contributed by atoms with van der Waals surface area (Å²) in [7, 11) is 0. The van der Waals surface area contributed by atoms with Crippen LogP contribution in [0.1, 0.15) is 10.8 Å². The van der Waals surface area contributed by atoms with Gasteiger partial charge in [0.2, 0.25) is 0 Å². The van der Waals surface area contributed by atoms with Crippen molar-refractivity contribution in [2.45, 2.75) is 11.4 Å². The average molecular weight is 198 g/mol. The molecule has 2 atom stereocenters. The topological polar surface area (TPSA) is 57.5 Å². The van der Waals surface area contributed by atoms with E-state index in [1.807, 2.05) is 6.07 Å². The molecule has 0 aromatic heterocycles. The minimum Gasteiger partial charge on any atom is -0.479 e. The maximum absolute atomic E-state index is 10.4. The van der Waals surface area contributed by atoms with E-state index in [2.05, 4.69) is 12.6 Å². The summed E-state index contributed by atoms with van der Waals surface area (Å²) >= 11 is 4.02. The molecule has 0 fully saturated rings. The zero-order chi connectivity index (χ0) is 9.84. The fourth-order valence-corrected chi connectivity index (χ4v) is 1.27. The summed E-state index contributed by atoms with van der Waals surface area (Å²) in [6, 6.07) is 8.81. The predicted octanol–water partition coefficient (Wildman–Crippen LogP) is 1.10.